The van der Waals surface area contributed by atoms with E-state index in [9.17, 15) is 0 Å². The van der Waals surface area contributed by atoms with Gasteiger partial charge in [-0.1, -0.05) is 119 Å². The molecule has 194 valence electrons. The van der Waals surface area contributed by atoms with Crippen LogP contribution in [-0.2, 0) is 30.4 Å². The predicted octanol–water partition coefficient (Wildman–Crippen LogP) is 10.5. The van der Waals surface area contributed by atoms with Crippen molar-refractivity contribution < 1.29 is 9.05 Å². The standard InChI is InChI=1S/C31H41O2PS2/c1-3-5-7-12-20-28-22-14-16-24-30(28)32-34(35,36-26-27-18-10-9-11-19-27)33-31-25-17-15-23-29(31)21-13-8-6-4-2/h9-11,14-19,22-25H,3-8,12-13,20-21,26H2,1-2H3. The van der Waals surface area contributed by atoms with Crippen LogP contribution in [0.1, 0.15) is 81.9 Å². The van der Waals surface area contributed by atoms with Crippen LogP contribution in [0.25, 0.3) is 0 Å². The van der Waals surface area contributed by atoms with Crippen LogP contribution in [0.2, 0.25) is 0 Å². The third-order valence-corrected chi connectivity index (χ3v) is 11.0. The van der Waals surface area contributed by atoms with E-state index in [0.717, 1.165) is 42.9 Å². The summed E-state index contributed by atoms with van der Waals surface area (Å²) in [4.78, 5) is 0. The molecule has 0 spiro atoms. The molecule has 0 aliphatic carbocycles. The average molecular weight is 541 g/mol. The highest BCUT2D eigenvalue weighted by Gasteiger charge is 2.26. The molecule has 3 rings (SSSR count). The lowest BCUT2D eigenvalue weighted by Crippen LogP contribution is -2.02. The summed E-state index contributed by atoms with van der Waals surface area (Å²) in [6.45, 7) is 4.49. The lowest BCUT2D eigenvalue weighted by Gasteiger charge is -2.25. The molecule has 0 N–H and O–H groups in total. The summed E-state index contributed by atoms with van der Waals surface area (Å²) in [5, 5.41) is 0. The molecule has 0 saturated heterocycles. The molecule has 0 fully saturated rings. The van der Waals surface area contributed by atoms with E-state index in [1.807, 2.05) is 18.2 Å². The highest BCUT2D eigenvalue weighted by Crippen LogP contribution is 2.61. The van der Waals surface area contributed by atoms with Crippen molar-refractivity contribution in [1.82, 2.24) is 0 Å². The van der Waals surface area contributed by atoms with Crippen molar-refractivity contribution in [3.05, 3.63) is 95.6 Å². The molecule has 0 radical (unpaired) electrons. The molecule has 0 amide bonds. The molecular weight excluding hydrogens is 499 g/mol. The van der Waals surface area contributed by atoms with Gasteiger partial charge in [0.2, 0.25) is 0 Å². The number of hydrogen-bond donors (Lipinski definition) is 0. The first-order chi connectivity index (χ1) is 17.6. The van der Waals surface area contributed by atoms with E-state index < -0.39 is 5.69 Å². The Balaban J connectivity index is 1.81. The summed E-state index contributed by atoms with van der Waals surface area (Å²) in [5.41, 5.74) is 0.948. The van der Waals surface area contributed by atoms with Gasteiger partial charge in [-0.2, -0.15) is 0 Å². The van der Waals surface area contributed by atoms with Crippen LogP contribution in [0.4, 0.5) is 0 Å². The molecule has 36 heavy (non-hydrogen) atoms. The van der Waals surface area contributed by atoms with Crippen molar-refractivity contribution in [2.45, 2.75) is 83.8 Å². The van der Waals surface area contributed by atoms with Crippen molar-refractivity contribution in [2.75, 3.05) is 0 Å². The zero-order valence-corrected chi connectivity index (χ0v) is 24.4. The Morgan fingerprint density at radius 3 is 1.58 bits per heavy atom. The lowest BCUT2D eigenvalue weighted by molar-refractivity contribution is 0.496. The largest absolute Gasteiger partial charge is 0.428 e. The number of aryl methyl sites for hydroxylation is 2. The van der Waals surface area contributed by atoms with E-state index >= 15 is 0 Å². The molecule has 2 nitrogen and oxygen atoms in total. The first-order valence-electron chi connectivity index (χ1n) is 13.5. The van der Waals surface area contributed by atoms with Gasteiger partial charge in [-0.25, -0.2) is 0 Å². The van der Waals surface area contributed by atoms with Crippen molar-refractivity contribution >= 4 is 28.9 Å². The minimum Gasteiger partial charge on any atom is -0.428 e. The number of unbranched alkanes of at least 4 members (excludes halogenated alkanes) is 6. The molecule has 0 heterocycles. The van der Waals surface area contributed by atoms with Crippen LogP contribution in [-0.4, -0.2) is 0 Å². The SMILES string of the molecule is CCCCCCc1ccccc1OP(=S)(Oc1ccccc1CCCCCC)SCc1ccccc1. The molecule has 5 heteroatoms. The smallest absolute Gasteiger partial charge is 0.348 e. The fourth-order valence-corrected chi connectivity index (χ4v) is 8.28. The zero-order valence-electron chi connectivity index (χ0n) is 21.9. The van der Waals surface area contributed by atoms with Gasteiger partial charge in [0, 0.05) is 5.75 Å². The monoisotopic (exact) mass is 540 g/mol. The molecule has 0 bridgehead atoms. The fraction of sp³-hybridized carbons (Fsp3) is 0.419. The molecule has 0 unspecified atom stereocenters. The minimum absolute atomic E-state index is 0.759. The summed E-state index contributed by atoms with van der Waals surface area (Å²) >= 11 is 7.85. The second kappa shape index (κ2) is 16.2. The van der Waals surface area contributed by atoms with Gasteiger partial charge in [0.15, 0.2) is 0 Å². The number of rotatable bonds is 17. The minimum atomic E-state index is -2.72. The van der Waals surface area contributed by atoms with E-state index in [1.54, 1.807) is 11.4 Å². The van der Waals surface area contributed by atoms with Crippen LogP contribution in [0.3, 0.4) is 0 Å². The third kappa shape index (κ3) is 9.96. The van der Waals surface area contributed by atoms with Crippen LogP contribution >= 0.6 is 17.1 Å². The van der Waals surface area contributed by atoms with Crippen molar-refractivity contribution in [1.29, 1.82) is 0 Å². The van der Waals surface area contributed by atoms with Crippen molar-refractivity contribution in [3.8, 4) is 11.5 Å². The Morgan fingerprint density at radius 2 is 1.08 bits per heavy atom. The molecule has 0 aromatic heterocycles. The number of hydrogen-bond acceptors (Lipinski definition) is 4. The molecule has 0 aliphatic heterocycles. The van der Waals surface area contributed by atoms with Crippen LogP contribution in [0, 0.1) is 0 Å². The number of para-hydroxylation sites is 2. The predicted molar refractivity (Wildman–Crippen MR) is 162 cm³/mol. The van der Waals surface area contributed by atoms with E-state index in [-0.39, 0.29) is 0 Å². The van der Waals surface area contributed by atoms with Crippen LogP contribution < -0.4 is 9.05 Å². The molecular formula is C31H41O2PS2. The molecule has 3 aromatic rings. The van der Waals surface area contributed by atoms with Crippen LogP contribution in [0.5, 0.6) is 11.5 Å². The Labute approximate surface area is 228 Å². The van der Waals surface area contributed by atoms with Gasteiger partial charge in [-0.15, -0.1) is 0 Å². The first-order valence-corrected chi connectivity index (χ1v) is 17.7. The van der Waals surface area contributed by atoms with E-state index in [2.05, 4.69) is 74.5 Å². The van der Waals surface area contributed by atoms with E-state index in [1.165, 1.54) is 55.2 Å². The zero-order chi connectivity index (χ0) is 25.5. The van der Waals surface area contributed by atoms with Gasteiger partial charge in [0.25, 0.3) is 0 Å². The molecule has 3 aromatic carbocycles. The molecule has 0 atom stereocenters. The van der Waals surface area contributed by atoms with Crippen molar-refractivity contribution in [2.24, 2.45) is 0 Å². The Hall–Kier alpha value is -1.74. The first kappa shape index (κ1) is 28.8. The summed E-state index contributed by atoms with van der Waals surface area (Å²) in [7, 11) is 0. The Morgan fingerprint density at radius 1 is 0.611 bits per heavy atom. The maximum absolute atomic E-state index is 6.68. The average Bonchev–Trinajstić information content (AvgIpc) is 2.90. The van der Waals surface area contributed by atoms with Crippen molar-refractivity contribution in [3.63, 3.8) is 0 Å². The summed E-state index contributed by atoms with van der Waals surface area (Å²) < 4.78 is 13.4. The quantitative estimate of drug-likeness (QED) is 0.125. The van der Waals surface area contributed by atoms with E-state index in [4.69, 9.17) is 20.9 Å². The van der Waals surface area contributed by atoms with E-state index in [0.29, 0.717) is 0 Å². The Bertz CT molecular complexity index is 1010. The maximum Gasteiger partial charge on any atom is 0.348 e. The second-order valence-corrected chi connectivity index (χ2v) is 15.4. The Kier molecular flexibility index (Phi) is 13.0. The third-order valence-electron chi connectivity index (χ3n) is 6.20. The van der Waals surface area contributed by atoms with Gasteiger partial charge in [0.1, 0.15) is 11.5 Å². The molecule has 0 aliphatic rings. The molecule has 0 saturated carbocycles. The lowest BCUT2D eigenvalue weighted by atomic mass is 10.1. The number of benzene rings is 3. The normalized spacial score (nSPS) is 11.4. The summed E-state index contributed by atoms with van der Waals surface area (Å²) in [5.74, 6) is 2.51. The summed E-state index contributed by atoms with van der Waals surface area (Å²) in [6, 6.07) is 27.2. The van der Waals surface area contributed by atoms with Gasteiger partial charge < -0.3 is 9.05 Å². The van der Waals surface area contributed by atoms with Crippen LogP contribution in [0.15, 0.2) is 78.9 Å². The topological polar surface area (TPSA) is 18.5 Å². The van der Waals surface area contributed by atoms with Gasteiger partial charge >= 0.3 is 5.69 Å². The maximum atomic E-state index is 6.68. The van der Waals surface area contributed by atoms with Gasteiger partial charge in [-0.3, -0.25) is 0 Å². The highest BCUT2D eigenvalue weighted by atomic mass is 32.9. The van der Waals surface area contributed by atoms with Gasteiger partial charge in [0.05, 0.1) is 0 Å². The second-order valence-electron chi connectivity index (χ2n) is 9.23. The summed E-state index contributed by atoms with van der Waals surface area (Å²) in [6.07, 6.45) is 11.8. The fourth-order valence-electron chi connectivity index (χ4n) is 4.12. The van der Waals surface area contributed by atoms with Gasteiger partial charge in [-0.05, 0) is 77.7 Å². The highest BCUT2D eigenvalue weighted by molar-refractivity contribution is 8.67.